The highest BCUT2D eigenvalue weighted by molar-refractivity contribution is 5.30. The highest BCUT2D eigenvalue weighted by Gasteiger charge is 2.06. The van der Waals surface area contributed by atoms with Crippen LogP contribution in [0.3, 0.4) is 0 Å². The summed E-state index contributed by atoms with van der Waals surface area (Å²) in [5.74, 6) is 1.14. The first-order chi connectivity index (χ1) is 9.26. The van der Waals surface area contributed by atoms with E-state index in [-0.39, 0.29) is 5.56 Å². The lowest BCUT2D eigenvalue weighted by molar-refractivity contribution is 0.648. The van der Waals surface area contributed by atoms with Gasteiger partial charge in [0.15, 0.2) is 11.6 Å². The van der Waals surface area contributed by atoms with Crippen LogP contribution in [0.2, 0.25) is 0 Å². The summed E-state index contributed by atoms with van der Waals surface area (Å²) in [6.07, 6.45) is 5.91. The molecule has 0 radical (unpaired) electrons. The Morgan fingerprint density at radius 3 is 2.89 bits per heavy atom. The van der Waals surface area contributed by atoms with E-state index in [1.807, 2.05) is 18.4 Å². The van der Waals surface area contributed by atoms with Gasteiger partial charge in [-0.25, -0.2) is 4.98 Å². The van der Waals surface area contributed by atoms with Gasteiger partial charge in [0.05, 0.1) is 6.54 Å². The van der Waals surface area contributed by atoms with Crippen molar-refractivity contribution in [2.75, 3.05) is 5.32 Å². The molecule has 0 aliphatic carbocycles. The van der Waals surface area contributed by atoms with Crippen LogP contribution >= 0.6 is 0 Å². The molecule has 1 N–H and O–H groups in total. The third kappa shape index (κ3) is 2.98. The summed E-state index contributed by atoms with van der Waals surface area (Å²) in [5, 5.41) is 10.9. The van der Waals surface area contributed by atoms with E-state index in [1.165, 1.54) is 0 Å². The van der Waals surface area contributed by atoms with Gasteiger partial charge >= 0.3 is 0 Å². The van der Waals surface area contributed by atoms with Crippen LogP contribution in [-0.4, -0.2) is 24.3 Å². The minimum absolute atomic E-state index is 0.105. The van der Waals surface area contributed by atoms with Crippen molar-refractivity contribution < 1.29 is 0 Å². The second-order valence-electron chi connectivity index (χ2n) is 4.16. The van der Waals surface area contributed by atoms with Crippen LogP contribution in [0.1, 0.15) is 26.1 Å². The Balaban J connectivity index is 2.12. The second-order valence-corrected chi connectivity index (χ2v) is 4.16. The van der Waals surface area contributed by atoms with Crippen molar-refractivity contribution >= 4 is 5.82 Å². The van der Waals surface area contributed by atoms with Gasteiger partial charge in [-0.2, -0.15) is 0 Å². The van der Waals surface area contributed by atoms with E-state index in [9.17, 15) is 4.79 Å². The zero-order chi connectivity index (χ0) is 13.7. The topological polar surface area (TPSA) is 77.6 Å². The Morgan fingerprint density at radius 1 is 1.32 bits per heavy atom. The lowest BCUT2D eigenvalue weighted by atomic mass is 10.4. The molecule has 0 spiro atoms. The van der Waals surface area contributed by atoms with Crippen molar-refractivity contribution in [1.29, 1.82) is 0 Å². The summed E-state index contributed by atoms with van der Waals surface area (Å²) in [4.78, 5) is 16.1. The molecule has 19 heavy (non-hydrogen) atoms. The van der Waals surface area contributed by atoms with Crippen LogP contribution in [0.15, 0.2) is 23.5 Å². The Labute approximate surface area is 111 Å². The number of anilines is 1. The predicted octanol–water partition coefficient (Wildman–Crippen LogP) is 0.877. The van der Waals surface area contributed by atoms with Crippen molar-refractivity contribution in [2.24, 2.45) is 0 Å². The van der Waals surface area contributed by atoms with Gasteiger partial charge in [0.2, 0.25) is 0 Å². The quantitative estimate of drug-likeness (QED) is 0.836. The monoisotopic (exact) mass is 262 g/mol. The Morgan fingerprint density at radius 2 is 2.16 bits per heavy atom. The van der Waals surface area contributed by atoms with Crippen LogP contribution in [0.25, 0.3) is 0 Å². The van der Waals surface area contributed by atoms with Crippen molar-refractivity contribution in [2.45, 2.75) is 39.9 Å². The fourth-order valence-corrected chi connectivity index (χ4v) is 1.83. The molecule has 2 rings (SSSR count). The molecular weight excluding hydrogens is 244 g/mol. The molecule has 0 aliphatic heterocycles. The molecule has 0 saturated heterocycles. The van der Waals surface area contributed by atoms with Gasteiger partial charge in [0.1, 0.15) is 6.33 Å². The van der Waals surface area contributed by atoms with Gasteiger partial charge < -0.3 is 14.5 Å². The summed E-state index contributed by atoms with van der Waals surface area (Å²) in [6.45, 7) is 5.98. The lowest BCUT2D eigenvalue weighted by Crippen LogP contribution is -2.24. The summed E-state index contributed by atoms with van der Waals surface area (Å²) in [5.41, 5.74) is -0.105. The van der Waals surface area contributed by atoms with Gasteiger partial charge in [0.25, 0.3) is 5.56 Å². The fraction of sp³-hybridized carbons (Fsp3) is 0.500. The average molecular weight is 262 g/mol. The molecule has 7 nitrogen and oxygen atoms in total. The number of aromatic nitrogens is 5. The average Bonchev–Trinajstić information content (AvgIpc) is 2.87. The van der Waals surface area contributed by atoms with E-state index in [2.05, 4.69) is 20.5 Å². The minimum Gasteiger partial charge on any atom is -0.358 e. The lowest BCUT2D eigenvalue weighted by Gasteiger charge is -2.08. The van der Waals surface area contributed by atoms with E-state index >= 15 is 0 Å². The van der Waals surface area contributed by atoms with Crippen LogP contribution in [0.4, 0.5) is 5.82 Å². The number of hydrogen-bond donors (Lipinski definition) is 1. The fourth-order valence-electron chi connectivity index (χ4n) is 1.83. The van der Waals surface area contributed by atoms with E-state index < -0.39 is 0 Å². The van der Waals surface area contributed by atoms with Crippen LogP contribution < -0.4 is 10.9 Å². The predicted molar refractivity (Wildman–Crippen MR) is 71.8 cm³/mol. The zero-order valence-electron chi connectivity index (χ0n) is 11.2. The molecule has 102 valence electrons. The Bertz CT molecular complexity index is 588. The highest BCUT2D eigenvalue weighted by Crippen LogP contribution is 2.00. The molecule has 0 aromatic carbocycles. The number of hydrogen-bond acceptors (Lipinski definition) is 5. The van der Waals surface area contributed by atoms with Crippen molar-refractivity contribution in [3.05, 3.63) is 34.9 Å². The molecule has 0 atom stereocenters. The SMILES string of the molecule is CCCn1ccnc(NCc2nncn2CC)c1=O. The molecule has 7 heteroatoms. The second kappa shape index (κ2) is 6.12. The van der Waals surface area contributed by atoms with Crippen LogP contribution in [0.5, 0.6) is 0 Å². The molecule has 0 bridgehead atoms. The molecule has 2 aromatic rings. The molecule has 0 aliphatic rings. The van der Waals surface area contributed by atoms with Gasteiger partial charge in [-0.1, -0.05) is 6.92 Å². The van der Waals surface area contributed by atoms with Gasteiger partial charge in [-0.15, -0.1) is 10.2 Å². The van der Waals surface area contributed by atoms with Crippen LogP contribution in [0, 0.1) is 0 Å². The molecule has 2 aromatic heterocycles. The Kier molecular flexibility index (Phi) is 4.27. The standard InChI is InChI=1S/C12H18N6O/c1-3-6-18-7-5-13-11(12(18)19)14-8-10-16-15-9-17(10)4-2/h5,7,9H,3-4,6,8H2,1-2H3,(H,13,14). The van der Waals surface area contributed by atoms with Crippen molar-refractivity contribution in [3.63, 3.8) is 0 Å². The highest BCUT2D eigenvalue weighted by atomic mass is 16.1. The normalized spacial score (nSPS) is 10.6. The third-order valence-corrected chi connectivity index (χ3v) is 2.83. The largest absolute Gasteiger partial charge is 0.358 e. The summed E-state index contributed by atoms with van der Waals surface area (Å²) in [7, 11) is 0. The van der Waals surface area contributed by atoms with E-state index in [0.717, 1.165) is 18.8 Å². The number of rotatable bonds is 6. The van der Waals surface area contributed by atoms with Gasteiger partial charge in [0, 0.05) is 25.5 Å². The Hall–Kier alpha value is -2.18. The van der Waals surface area contributed by atoms with Crippen LogP contribution in [-0.2, 0) is 19.6 Å². The van der Waals surface area contributed by atoms with Gasteiger partial charge in [-0.3, -0.25) is 4.79 Å². The molecular formula is C12H18N6O. The zero-order valence-corrected chi connectivity index (χ0v) is 11.2. The maximum Gasteiger partial charge on any atom is 0.293 e. The van der Waals surface area contributed by atoms with Crippen molar-refractivity contribution in [1.82, 2.24) is 24.3 Å². The molecule has 0 unspecified atom stereocenters. The number of aryl methyl sites for hydroxylation is 2. The molecule has 0 saturated carbocycles. The minimum atomic E-state index is -0.105. The van der Waals surface area contributed by atoms with Gasteiger partial charge in [-0.05, 0) is 13.3 Å². The first-order valence-electron chi connectivity index (χ1n) is 6.42. The van der Waals surface area contributed by atoms with Crippen molar-refractivity contribution in [3.8, 4) is 0 Å². The molecule has 0 amide bonds. The summed E-state index contributed by atoms with van der Waals surface area (Å²) in [6, 6.07) is 0. The maximum atomic E-state index is 12.1. The third-order valence-electron chi connectivity index (χ3n) is 2.83. The van der Waals surface area contributed by atoms with E-state index in [0.29, 0.717) is 18.9 Å². The molecule has 2 heterocycles. The van der Waals surface area contributed by atoms with E-state index in [1.54, 1.807) is 23.3 Å². The maximum absolute atomic E-state index is 12.1. The van der Waals surface area contributed by atoms with E-state index in [4.69, 9.17) is 0 Å². The summed E-state index contributed by atoms with van der Waals surface area (Å²) < 4.78 is 3.57. The molecule has 0 fully saturated rings. The summed E-state index contributed by atoms with van der Waals surface area (Å²) >= 11 is 0. The first-order valence-corrected chi connectivity index (χ1v) is 6.42. The number of nitrogens with zero attached hydrogens (tertiary/aromatic N) is 5. The first kappa shape index (κ1) is 13.3. The smallest absolute Gasteiger partial charge is 0.293 e. The number of nitrogens with one attached hydrogen (secondary N) is 1.